The maximum Gasteiger partial charge on any atom is 0.416 e. The van der Waals surface area contributed by atoms with Gasteiger partial charge in [-0.3, -0.25) is 14.5 Å². The number of hydrogen-bond donors (Lipinski definition) is 1. The van der Waals surface area contributed by atoms with Crippen LogP contribution in [0.25, 0.3) is 0 Å². The summed E-state index contributed by atoms with van der Waals surface area (Å²) in [6.07, 6.45) is -4.24. The standard InChI is InChI=1S/C28H33F3N4O4/c1-19-13-21(15-22(14-19)28(29,30)31)18-39-27(38)34-12-10-25(36)35-23(9-5-6-11-32)26(37)33(17-24(34)35)16-20-7-3-2-4-8-20/h2-4,7-8,13-15,23-24H,5-6,9-12,16-18,32H2,1H3/t23-,24?/m0/s1. The maximum absolute atomic E-state index is 13.5. The molecule has 2 aromatic rings. The van der Waals surface area contributed by atoms with Crippen molar-refractivity contribution in [3.05, 3.63) is 70.8 Å². The Morgan fingerprint density at radius 1 is 1.08 bits per heavy atom. The van der Waals surface area contributed by atoms with Gasteiger partial charge in [-0.2, -0.15) is 13.2 Å². The lowest BCUT2D eigenvalue weighted by Crippen LogP contribution is -2.71. The summed E-state index contributed by atoms with van der Waals surface area (Å²) in [5, 5.41) is 0. The lowest BCUT2D eigenvalue weighted by Gasteiger charge is -2.52. The average molecular weight is 547 g/mol. The van der Waals surface area contributed by atoms with Crippen molar-refractivity contribution < 1.29 is 32.3 Å². The zero-order valence-corrected chi connectivity index (χ0v) is 21.8. The molecular formula is C28H33F3N4O4. The van der Waals surface area contributed by atoms with Crippen molar-refractivity contribution in [2.45, 2.75) is 64.1 Å². The number of nitrogens with zero attached hydrogens (tertiary/aromatic N) is 3. The number of aryl methyl sites for hydroxylation is 1. The van der Waals surface area contributed by atoms with E-state index in [2.05, 4.69) is 0 Å². The minimum Gasteiger partial charge on any atom is -0.444 e. The van der Waals surface area contributed by atoms with Gasteiger partial charge in [-0.25, -0.2) is 4.79 Å². The second kappa shape index (κ2) is 12.1. The summed E-state index contributed by atoms with van der Waals surface area (Å²) in [4.78, 5) is 44.4. The minimum atomic E-state index is -4.52. The smallest absolute Gasteiger partial charge is 0.416 e. The number of carbonyl (C=O) groups excluding carboxylic acids is 3. The summed E-state index contributed by atoms with van der Waals surface area (Å²) in [7, 11) is 0. The Balaban J connectivity index is 1.55. The van der Waals surface area contributed by atoms with Crippen molar-refractivity contribution in [1.29, 1.82) is 0 Å². The van der Waals surface area contributed by atoms with E-state index in [1.807, 2.05) is 30.3 Å². The molecular weight excluding hydrogens is 513 g/mol. The van der Waals surface area contributed by atoms with Crippen LogP contribution in [0.15, 0.2) is 48.5 Å². The fraction of sp³-hybridized carbons (Fsp3) is 0.464. The largest absolute Gasteiger partial charge is 0.444 e. The van der Waals surface area contributed by atoms with E-state index in [1.165, 1.54) is 15.9 Å². The van der Waals surface area contributed by atoms with Gasteiger partial charge in [-0.15, -0.1) is 0 Å². The first kappa shape index (κ1) is 28.4. The molecule has 2 aliphatic rings. The van der Waals surface area contributed by atoms with Crippen molar-refractivity contribution in [3.63, 3.8) is 0 Å². The van der Waals surface area contributed by atoms with Gasteiger partial charge in [0.1, 0.15) is 18.8 Å². The number of ether oxygens (including phenoxy) is 1. The van der Waals surface area contributed by atoms with Gasteiger partial charge in [0.15, 0.2) is 0 Å². The molecule has 2 N–H and O–H groups in total. The Morgan fingerprint density at radius 3 is 2.51 bits per heavy atom. The normalized spacial score (nSPS) is 19.8. The molecule has 0 aromatic heterocycles. The van der Waals surface area contributed by atoms with E-state index in [4.69, 9.17) is 10.5 Å². The molecule has 11 heteroatoms. The monoisotopic (exact) mass is 546 g/mol. The van der Waals surface area contributed by atoms with E-state index < -0.39 is 30.0 Å². The third kappa shape index (κ3) is 6.70. The van der Waals surface area contributed by atoms with Gasteiger partial charge in [-0.05, 0) is 56.0 Å². The Kier molecular flexibility index (Phi) is 8.79. The molecule has 3 amide bonds. The van der Waals surface area contributed by atoms with Crippen LogP contribution in [0.3, 0.4) is 0 Å². The number of hydrogen-bond acceptors (Lipinski definition) is 5. The summed E-state index contributed by atoms with van der Waals surface area (Å²) in [6, 6.07) is 12.2. The predicted molar refractivity (Wildman–Crippen MR) is 137 cm³/mol. The molecule has 210 valence electrons. The summed E-state index contributed by atoms with van der Waals surface area (Å²) >= 11 is 0. The van der Waals surface area contributed by atoms with Gasteiger partial charge in [0.25, 0.3) is 0 Å². The predicted octanol–water partition coefficient (Wildman–Crippen LogP) is 4.05. The first-order valence-electron chi connectivity index (χ1n) is 13.0. The van der Waals surface area contributed by atoms with Crippen LogP contribution >= 0.6 is 0 Å². The van der Waals surface area contributed by atoms with Crippen LogP contribution in [0.2, 0.25) is 0 Å². The average Bonchev–Trinajstić information content (AvgIpc) is 2.89. The molecule has 0 saturated carbocycles. The van der Waals surface area contributed by atoms with Gasteiger partial charge in [0.05, 0.1) is 12.1 Å². The van der Waals surface area contributed by atoms with Crippen LogP contribution < -0.4 is 5.73 Å². The molecule has 2 heterocycles. The van der Waals surface area contributed by atoms with Crippen LogP contribution in [0.1, 0.15) is 47.9 Å². The first-order valence-corrected chi connectivity index (χ1v) is 13.0. The summed E-state index contributed by atoms with van der Waals surface area (Å²) in [5.74, 6) is -0.404. The highest BCUT2D eigenvalue weighted by atomic mass is 19.4. The lowest BCUT2D eigenvalue weighted by atomic mass is 9.98. The highest BCUT2D eigenvalue weighted by molar-refractivity contribution is 5.90. The molecule has 8 nitrogen and oxygen atoms in total. The molecule has 0 bridgehead atoms. The second-order valence-corrected chi connectivity index (χ2v) is 9.99. The van der Waals surface area contributed by atoms with E-state index in [0.717, 1.165) is 17.7 Å². The van der Waals surface area contributed by atoms with Crippen molar-refractivity contribution in [2.75, 3.05) is 19.6 Å². The van der Waals surface area contributed by atoms with E-state index in [0.29, 0.717) is 37.9 Å². The topological polar surface area (TPSA) is 96.2 Å². The quantitative estimate of drug-likeness (QED) is 0.504. The Labute approximate surface area is 225 Å². The lowest BCUT2D eigenvalue weighted by molar-refractivity contribution is -0.169. The third-order valence-electron chi connectivity index (χ3n) is 7.06. The molecule has 4 rings (SSSR count). The first-order chi connectivity index (χ1) is 18.6. The number of nitrogens with two attached hydrogens (primary N) is 1. The van der Waals surface area contributed by atoms with E-state index in [1.54, 1.807) is 11.8 Å². The van der Waals surface area contributed by atoms with Gasteiger partial charge < -0.3 is 20.3 Å². The molecule has 2 aromatic carbocycles. The zero-order chi connectivity index (χ0) is 28.2. The van der Waals surface area contributed by atoms with Gasteiger partial charge in [-0.1, -0.05) is 42.0 Å². The van der Waals surface area contributed by atoms with Crippen molar-refractivity contribution in [1.82, 2.24) is 14.7 Å². The summed E-state index contributed by atoms with van der Waals surface area (Å²) in [5.41, 5.74) is 6.35. The number of benzene rings is 2. The van der Waals surface area contributed by atoms with E-state index in [-0.39, 0.29) is 43.5 Å². The number of halogens is 3. The second-order valence-electron chi connectivity index (χ2n) is 9.99. The molecule has 1 unspecified atom stereocenters. The number of amides is 3. The van der Waals surface area contributed by atoms with Crippen LogP contribution in [-0.4, -0.2) is 64.4 Å². The number of rotatable bonds is 8. The fourth-order valence-corrected chi connectivity index (χ4v) is 5.24. The number of alkyl halides is 3. The Hall–Kier alpha value is -3.60. The van der Waals surface area contributed by atoms with Crippen molar-refractivity contribution in [2.24, 2.45) is 5.73 Å². The molecule has 2 aliphatic heterocycles. The summed E-state index contributed by atoms with van der Waals surface area (Å²) in [6.45, 7) is 2.15. The van der Waals surface area contributed by atoms with Gasteiger partial charge in [0.2, 0.25) is 11.8 Å². The SMILES string of the molecule is Cc1cc(COC(=O)N2CCC(=O)N3C2CN(Cc2ccccc2)C(=O)[C@@H]3CCCCN)cc(C(F)(F)F)c1. The number of unbranched alkanes of at least 4 members (excludes halogenated alkanes) is 1. The third-order valence-corrected chi connectivity index (χ3v) is 7.06. The minimum absolute atomic E-state index is 0.0214. The van der Waals surface area contributed by atoms with Gasteiger partial charge in [0, 0.05) is 19.5 Å². The summed E-state index contributed by atoms with van der Waals surface area (Å²) < 4.78 is 45.2. The van der Waals surface area contributed by atoms with Crippen LogP contribution in [0, 0.1) is 6.92 Å². The number of carbonyl (C=O) groups is 3. The van der Waals surface area contributed by atoms with Crippen LogP contribution in [-0.2, 0) is 33.7 Å². The molecule has 2 fully saturated rings. The maximum atomic E-state index is 13.5. The molecule has 0 radical (unpaired) electrons. The van der Waals surface area contributed by atoms with Crippen molar-refractivity contribution >= 4 is 17.9 Å². The highest BCUT2D eigenvalue weighted by Crippen LogP contribution is 2.32. The Bertz CT molecular complexity index is 1190. The number of fused-ring (bicyclic) bond motifs is 1. The molecule has 2 saturated heterocycles. The molecule has 2 atom stereocenters. The molecule has 0 aliphatic carbocycles. The molecule has 39 heavy (non-hydrogen) atoms. The molecule has 0 spiro atoms. The number of piperazine rings is 1. The van der Waals surface area contributed by atoms with Crippen LogP contribution in [0.4, 0.5) is 18.0 Å². The highest BCUT2D eigenvalue weighted by Gasteiger charge is 2.48. The van der Waals surface area contributed by atoms with E-state index >= 15 is 0 Å². The zero-order valence-electron chi connectivity index (χ0n) is 21.8. The van der Waals surface area contributed by atoms with Crippen LogP contribution in [0.5, 0.6) is 0 Å². The van der Waals surface area contributed by atoms with Gasteiger partial charge >= 0.3 is 12.3 Å². The van der Waals surface area contributed by atoms with Crippen molar-refractivity contribution in [3.8, 4) is 0 Å². The fourth-order valence-electron chi connectivity index (χ4n) is 5.24. The van der Waals surface area contributed by atoms with E-state index in [9.17, 15) is 27.6 Å². The Morgan fingerprint density at radius 2 is 1.82 bits per heavy atom.